The second kappa shape index (κ2) is 9.23. The molecule has 0 aromatic rings. The molecule has 0 amide bonds. The van der Waals surface area contributed by atoms with Crippen LogP contribution in [0.25, 0.3) is 0 Å². The molecule has 3 nitrogen and oxygen atoms in total. The predicted molar refractivity (Wildman–Crippen MR) is 71.4 cm³/mol. The highest BCUT2D eigenvalue weighted by Gasteiger charge is 2.21. The lowest BCUT2D eigenvalue weighted by Crippen LogP contribution is -2.42. The first-order valence-corrected chi connectivity index (χ1v) is 6.15. The van der Waals surface area contributed by atoms with E-state index in [-0.39, 0.29) is 12.4 Å². The maximum absolute atomic E-state index is 5.20. The van der Waals surface area contributed by atoms with Crippen molar-refractivity contribution in [3.63, 3.8) is 0 Å². The Morgan fingerprint density at radius 3 is 2.50 bits per heavy atom. The molecule has 1 atom stereocenters. The average molecular weight is 251 g/mol. The van der Waals surface area contributed by atoms with E-state index in [0.29, 0.717) is 6.04 Å². The van der Waals surface area contributed by atoms with E-state index in [1.807, 2.05) is 7.05 Å². The van der Waals surface area contributed by atoms with Gasteiger partial charge in [0.25, 0.3) is 0 Å². The van der Waals surface area contributed by atoms with E-state index in [4.69, 9.17) is 4.74 Å². The number of piperidine rings is 1. The molecule has 0 aromatic heterocycles. The molecular weight excluding hydrogens is 224 g/mol. The van der Waals surface area contributed by atoms with Gasteiger partial charge >= 0.3 is 0 Å². The number of likely N-dealkylation sites (tertiary alicyclic amines) is 1. The summed E-state index contributed by atoms with van der Waals surface area (Å²) >= 11 is 0. The van der Waals surface area contributed by atoms with Crippen molar-refractivity contribution in [2.45, 2.75) is 32.2 Å². The topological polar surface area (TPSA) is 24.5 Å². The predicted octanol–water partition coefficient (Wildman–Crippen LogP) is 1.76. The lowest BCUT2D eigenvalue weighted by atomic mass is 9.93. The highest BCUT2D eigenvalue weighted by atomic mass is 35.5. The van der Waals surface area contributed by atoms with Crippen LogP contribution in [0.1, 0.15) is 26.2 Å². The third kappa shape index (κ3) is 5.48. The summed E-state index contributed by atoms with van der Waals surface area (Å²) in [5, 5.41) is 3.24. The molecule has 0 spiro atoms. The van der Waals surface area contributed by atoms with Crippen molar-refractivity contribution in [1.82, 2.24) is 10.2 Å². The van der Waals surface area contributed by atoms with Crippen LogP contribution in [0.3, 0.4) is 0 Å². The van der Waals surface area contributed by atoms with E-state index < -0.39 is 0 Å². The van der Waals surface area contributed by atoms with Crippen molar-refractivity contribution < 1.29 is 4.74 Å². The smallest absolute Gasteiger partial charge is 0.0615 e. The summed E-state index contributed by atoms with van der Waals surface area (Å²) in [4.78, 5) is 2.55. The minimum Gasteiger partial charge on any atom is -0.383 e. The first kappa shape index (κ1) is 16.2. The van der Waals surface area contributed by atoms with Gasteiger partial charge in [0.05, 0.1) is 6.61 Å². The number of nitrogens with zero attached hydrogens (tertiary/aromatic N) is 1. The Labute approximate surface area is 106 Å². The van der Waals surface area contributed by atoms with E-state index >= 15 is 0 Å². The zero-order valence-electron chi connectivity index (χ0n) is 10.9. The van der Waals surface area contributed by atoms with Crippen molar-refractivity contribution in [2.24, 2.45) is 5.92 Å². The Balaban J connectivity index is 0.00000225. The summed E-state index contributed by atoms with van der Waals surface area (Å²) in [6, 6.07) is 0.584. The lowest BCUT2D eigenvalue weighted by Gasteiger charge is -2.35. The molecule has 1 aliphatic rings. The van der Waals surface area contributed by atoms with Crippen LogP contribution in [0.15, 0.2) is 0 Å². The van der Waals surface area contributed by atoms with Crippen LogP contribution < -0.4 is 5.32 Å². The van der Waals surface area contributed by atoms with Crippen LogP contribution in [0.2, 0.25) is 0 Å². The molecule has 0 saturated carbocycles. The van der Waals surface area contributed by atoms with Gasteiger partial charge in [-0.1, -0.05) is 0 Å². The van der Waals surface area contributed by atoms with Crippen LogP contribution in [0, 0.1) is 5.92 Å². The molecule has 4 heteroatoms. The second-order valence-electron chi connectivity index (χ2n) is 4.68. The van der Waals surface area contributed by atoms with Gasteiger partial charge in [-0.15, -0.1) is 12.4 Å². The van der Waals surface area contributed by atoms with Gasteiger partial charge in [-0.3, -0.25) is 4.90 Å². The monoisotopic (exact) mass is 250 g/mol. The first-order valence-electron chi connectivity index (χ1n) is 6.15. The SMILES string of the molecule is CNCCC1CCN(C(C)COC)CC1.Cl. The summed E-state index contributed by atoms with van der Waals surface area (Å²) in [6.45, 7) is 6.79. The third-order valence-corrected chi connectivity index (χ3v) is 3.48. The molecule has 1 unspecified atom stereocenters. The number of hydrogen-bond donors (Lipinski definition) is 1. The van der Waals surface area contributed by atoms with Crippen molar-refractivity contribution in [3.05, 3.63) is 0 Å². The molecule has 1 rings (SSSR count). The molecular formula is C12H27ClN2O. The average Bonchev–Trinajstić information content (AvgIpc) is 2.27. The molecule has 0 radical (unpaired) electrons. The largest absolute Gasteiger partial charge is 0.383 e. The zero-order valence-corrected chi connectivity index (χ0v) is 11.7. The number of ether oxygens (including phenoxy) is 1. The molecule has 0 aliphatic carbocycles. The van der Waals surface area contributed by atoms with Crippen molar-refractivity contribution >= 4 is 12.4 Å². The van der Waals surface area contributed by atoms with Gasteiger partial charge in [-0.05, 0) is 58.8 Å². The Bertz CT molecular complexity index is 161. The number of halogens is 1. The lowest BCUT2D eigenvalue weighted by molar-refractivity contribution is 0.0724. The highest BCUT2D eigenvalue weighted by Crippen LogP contribution is 2.21. The Morgan fingerprint density at radius 1 is 1.38 bits per heavy atom. The summed E-state index contributed by atoms with van der Waals surface area (Å²) in [7, 11) is 3.83. The Hall–Kier alpha value is 0.170. The molecule has 1 N–H and O–H groups in total. The molecule has 1 fully saturated rings. The quantitative estimate of drug-likeness (QED) is 0.778. The summed E-state index contributed by atoms with van der Waals surface area (Å²) in [6.07, 6.45) is 4.05. The molecule has 0 bridgehead atoms. The molecule has 16 heavy (non-hydrogen) atoms. The fraction of sp³-hybridized carbons (Fsp3) is 1.00. The molecule has 0 aromatic carbocycles. The van der Waals surface area contributed by atoms with Gasteiger partial charge in [0.1, 0.15) is 0 Å². The summed E-state index contributed by atoms with van der Waals surface area (Å²) in [5.41, 5.74) is 0. The highest BCUT2D eigenvalue weighted by molar-refractivity contribution is 5.85. The van der Waals surface area contributed by atoms with Crippen molar-refractivity contribution in [2.75, 3.05) is 40.4 Å². The summed E-state index contributed by atoms with van der Waals surface area (Å²) in [5.74, 6) is 0.934. The van der Waals surface area contributed by atoms with Gasteiger partial charge in [-0.25, -0.2) is 0 Å². The van der Waals surface area contributed by atoms with E-state index in [0.717, 1.165) is 19.1 Å². The van der Waals surface area contributed by atoms with Crippen LogP contribution in [0.4, 0.5) is 0 Å². The zero-order chi connectivity index (χ0) is 11.1. The molecule has 1 saturated heterocycles. The van der Waals surface area contributed by atoms with Gasteiger partial charge < -0.3 is 10.1 Å². The Kier molecular flexibility index (Phi) is 9.32. The van der Waals surface area contributed by atoms with Crippen LogP contribution in [0.5, 0.6) is 0 Å². The minimum atomic E-state index is 0. The number of hydrogen-bond acceptors (Lipinski definition) is 3. The fourth-order valence-corrected chi connectivity index (χ4v) is 2.38. The Morgan fingerprint density at radius 2 is 2.00 bits per heavy atom. The minimum absolute atomic E-state index is 0. The molecule has 98 valence electrons. The van der Waals surface area contributed by atoms with Crippen molar-refractivity contribution in [3.8, 4) is 0 Å². The molecule has 1 aliphatic heterocycles. The number of methoxy groups -OCH3 is 1. The van der Waals surface area contributed by atoms with Gasteiger partial charge in [-0.2, -0.15) is 0 Å². The maximum Gasteiger partial charge on any atom is 0.0615 e. The van der Waals surface area contributed by atoms with Crippen LogP contribution >= 0.6 is 12.4 Å². The standard InChI is InChI=1S/C12H26N2O.ClH/c1-11(10-15-3)14-8-5-12(6-9-14)4-7-13-2;/h11-13H,4-10H2,1-3H3;1H. The van der Waals surface area contributed by atoms with Gasteiger partial charge in [0, 0.05) is 13.2 Å². The van der Waals surface area contributed by atoms with E-state index in [1.165, 1.54) is 32.4 Å². The van der Waals surface area contributed by atoms with E-state index in [1.54, 1.807) is 7.11 Å². The third-order valence-electron chi connectivity index (χ3n) is 3.48. The van der Waals surface area contributed by atoms with Gasteiger partial charge in [0.2, 0.25) is 0 Å². The van der Waals surface area contributed by atoms with Crippen LogP contribution in [-0.4, -0.2) is 51.3 Å². The van der Waals surface area contributed by atoms with E-state index in [2.05, 4.69) is 17.1 Å². The van der Waals surface area contributed by atoms with Crippen LogP contribution in [-0.2, 0) is 4.74 Å². The maximum atomic E-state index is 5.20. The first-order chi connectivity index (χ1) is 7.27. The number of rotatable bonds is 6. The fourth-order valence-electron chi connectivity index (χ4n) is 2.38. The van der Waals surface area contributed by atoms with E-state index in [9.17, 15) is 0 Å². The number of nitrogens with one attached hydrogen (secondary N) is 1. The molecule has 1 heterocycles. The summed E-state index contributed by atoms with van der Waals surface area (Å²) < 4.78 is 5.20. The van der Waals surface area contributed by atoms with Gasteiger partial charge in [0.15, 0.2) is 0 Å². The van der Waals surface area contributed by atoms with Crippen molar-refractivity contribution in [1.29, 1.82) is 0 Å². The second-order valence-corrected chi connectivity index (χ2v) is 4.68. The normalized spacial score (nSPS) is 20.4.